The van der Waals surface area contributed by atoms with Crippen LogP contribution in [0.15, 0.2) is 60.9 Å². The van der Waals surface area contributed by atoms with Crippen molar-refractivity contribution in [3.05, 3.63) is 94.3 Å². The number of carbonyl (C=O) groups excluding carboxylic acids is 1. The lowest BCUT2D eigenvalue weighted by Gasteiger charge is -2.26. The molecule has 0 saturated heterocycles. The van der Waals surface area contributed by atoms with Gasteiger partial charge in [-0.2, -0.15) is 0 Å². The highest BCUT2D eigenvalue weighted by Gasteiger charge is 2.24. The first kappa shape index (κ1) is 21.9. The molecule has 5 nitrogen and oxygen atoms in total. The van der Waals surface area contributed by atoms with E-state index in [1.807, 2.05) is 36.4 Å². The van der Waals surface area contributed by atoms with Crippen molar-refractivity contribution in [1.29, 1.82) is 0 Å². The van der Waals surface area contributed by atoms with Gasteiger partial charge >= 0.3 is 0 Å². The summed E-state index contributed by atoms with van der Waals surface area (Å²) in [7, 11) is 1.61. The lowest BCUT2D eigenvalue weighted by molar-refractivity contribution is -0.123. The van der Waals surface area contributed by atoms with Gasteiger partial charge in [-0.1, -0.05) is 54.1 Å². The zero-order valence-electron chi connectivity index (χ0n) is 16.9. The third-order valence-electron chi connectivity index (χ3n) is 4.96. The third-order valence-corrected chi connectivity index (χ3v) is 5.15. The zero-order chi connectivity index (χ0) is 21.5. The molecule has 0 spiro atoms. The molecule has 0 aliphatic carbocycles. The van der Waals surface area contributed by atoms with Crippen LogP contribution in [0.25, 0.3) is 0 Å². The number of rotatable bonds is 8. The molecule has 0 unspecified atom stereocenters. The highest BCUT2D eigenvalue weighted by Crippen LogP contribution is 2.26. The van der Waals surface area contributed by atoms with Crippen molar-refractivity contribution in [3.8, 4) is 0 Å². The molecular formula is C23H24ClFN4O. The fourth-order valence-electron chi connectivity index (χ4n) is 3.31. The van der Waals surface area contributed by atoms with Crippen molar-refractivity contribution in [1.82, 2.24) is 20.6 Å². The highest BCUT2D eigenvalue weighted by atomic mass is 35.5. The number of nitrogens with zero attached hydrogens (tertiary/aromatic N) is 2. The fourth-order valence-corrected chi connectivity index (χ4v) is 3.40. The molecule has 30 heavy (non-hydrogen) atoms. The van der Waals surface area contributed by atoms with E-state index in [9.17, 15) is 9.18 Å². The van der Waals surface area contributed by atoms with Crippen LogP contribution in [0.2, 0.25) is 5.15 Å². The average molecular weight is 427 g/mol. The maximum absolute atomic E-state index is 13.8. The number of aryl methyl sites for hydroxylation is 2. The summed E-state index contributed by atoms with van der Waals surface area (Å²) in [5.74, 6) is -0.400. The van der Waals surface area contributed by atoms with Crippen molar-refractivity contribution in [2.24, 2.45) is 0 Å². The first-order valence-corrected chi connectivity index (χ1v) is 10.1. The van der Waals surface area contributed by atoms with E-state index in [-0.39, 0.29) is 17.8 Å². The Morgan fingerprint density at radius 3 is 2.50 bits per heavy atom. The van der Waals surface area contributed by atoms with Crippen LogP contribution in [0, 0.1) is 12.7 Å². The number of hydrogen-bond donors (Lipinski definition) is 2. The lowest BCUT2D eigenvalue weighted by Crippen LogP contribution is -2.38. The first-order valence-electron chi connectivity index (χ1n) is 9.73. The lowest BCUT2D eigenvalue weighted by atomic mass is 9.96. The monoisotopic (exact) mass is 426 g/mol. The molecule has 156 valence electrons. The molecule has 3 aromatic rings. The number of halogens is 2. The summed E-state index contributed by atoms with van der Waals surface area (Å²) in [5, 5.41) is 6.52. The Labute approximate surface area is 180 Å². The van der Waals surface area contributed by atoms with Gasteiger partial charge in [0.2, 0.25) is 5.91 Å². The van der Waals surface area contributed by atoms with Crippen molar-refractivity contribution in [2.45, 2.75) is 31.8 Å². The van der Waals surface area contributed by atoms with Gasteiger partial charge in [0, 0.05) is 13.1 Å². The van der Waals surface area contributed by atoms with Gasteiger partial charge in [-0.3, -0.25) is 15.1 Å². The number of hydrogen-bond acceptors (Lipinski definition) is 4. The van der Waals surface area contributed by atoms with Gasteiger partial charge in [-0.15, -0.1) is 0 Å². The van der Waals surface area contributed by atoms with E-state index in [0.29, 0.717) is 23.6 Å². The summed E-state index contributed by atoms with van der Waals surface area (Å²) in [6.45, 7) is 1.73. The number of benzene rings is 2. The van der Waals surface area contributed by atoms with E-state index in [2.05, 4.69) is 20.6 Å². The Hall–Kier alpha value is -2.83. The van der Waals surface area contributed by atoms with Gasteiger partial charge in [0.1, 0.15) is 17.0 Å². The van der Waals surface area contributed by atoms with Gasteiger partial charge in [-0.25, -0.2) is 9.37 Å². The second kappa shape index (κ2) is 10.3. The highest BCUT2D eigenvalue weighted by molar-refractivity contribution is 6.29. The van der Waals surface area contributed by atoms with Gasteiger partial charge in [0.15, 0.2) is 0 Å². The normalized spacial score (nSPS) is 12.9. The quantitative estimate of drug-likeness (QED) is 0.562. The first-order chi connectivity index (χ1) is 14.5. The standard InChI is InChI=1S/C23H24ClFN4O/c1-15-12-17(8-10-19(15)25)20(11-9-18-13-28-21(24)14-27-18)29-22(23(30)26-2)16-6-4-3-5-7-16/h3-8,10,12-14,20,22,29H,9,11H2,1-2H3,(H,26,30)/t20-,22-/m0/s1. The molecule has 0 fully saturated rings. The minimum atomic E-state index is -0.553. The van der Waals surface area contributed by atoms with Crippen LogP contribution in [0.1, 0.15) is 40.9 Å². The second-order valence-electron chi connectivity index (χ2n) is 7.05. The van der Waals surface area contributed by atoms with Crippen molar-refractivity contribution in [3.63, 3.8) is 0 Å². The Balaban J connectivity index is 1.89. The molecule has 3 rings (SSSR count). The fraction of sp³-hybridized carbons (Fsp3) is 0.261. The van der Waals surface area contributed by atoms with Crippen LogP contribution in [-0.4, -0.2) is 22.9 Å². The molecule has 0 aliphatic heterocycles. The van der Waals surface area contributed by atoms with Crippen molar-refractivity contribution < 1.29 is 9.18 Å². The summed E-state index contributed by atoms with van der Waals surface area (Å²) in [6.07, 6.45) is 4.41. The van der Waals surface area contributed by atoms with E-state index in [1.54, 1.807) is 26.2 Å². The van der Waals surface area contributed by atoms with Crippen LogP contribution in [0.5, 0.6) is 0 Å². The minimum absolute atomic E-state index is 0.142. The van der Waals surface area contributed by atoms with Crippen LogP contribution < -0.4 is 10.6 Å². The Morgan fingerprint density at radius 1 is 1.10 bits per heavy atom. The van der Waals surface area contributed by atoms with E-state index >= 15 is 0 Å². The maximum atomic E-state index is 13.8. The van der Waals surface area contributed by atoms with Gasteiger partial charge < -0.3 is 5.32 Å². The predicted molar refractivity (Wildman–Crippen MR) is 116 cm³/mol. The number of amides is 1. The van der Waals surface area contributed by atoms with Gasteiger partial charge in [-0.05, 0) is 42.5 Å². The molecule has 7 heteroatoms. The molecule has 0 radical (unpaired) electrons. The summed E-state index contributed by atoms with van der Waals surface area (Å²) >= 11 is 5.82. The Kier molecular flexibility index (Phi) is 7.49. The molecule has 1 heterocycles. The molecule has 0 bridgehead atoms. The summed E-state index contributed by atoms with van der Waals surface area (Å²) < 4.78 is 13.8. The topological polar surface area (TPSA) is 66.9 Å². The number of aromatic nitrogens is 2. The molecular weight excluding hydrogens is 403 g/mol. The van der Waals surface area contributed by atoms with E-state index in [1.165, 1.54) is 12.3 Å². The molecule has 1 aromatic heterocycles. The molecule has 2 N–H and O–H groups in total. The molecule has 1 amide bonds. The van der Waals surface area contributed by atoms with Gasteiger partial charge in [0.25, 0.3) is 0 Å². The summed E-state index contributed by atoms with van der Waals surface area (Å²) in [5.41, 5.74) is 3.11. The number of carbonyl (C=O) groups is 1. The number of nitrogens with one attached hydrogen (secondary N) is 2. The third kappa shape index (κ3) is 5.62. The van der Waals surface area contributed by atoms with E-state index in [4.69, 9.17) is 11.6 Å². The smallest absolute Gasteiger partial charge is 0.241 e. The SMILES string of the molecule is CNC(=O)[C@@H](N[C@@H](CCc1cnc(Cl)cn1)c1ccc(F)c(C)c1)c1ccccc1. The van der Waals surface area contributed by atoms with Crippen LogP contribution in [0.4, 0.5) is 4.39 Å². The molecule has 0 aliphatic rings. The van der Waals surface area contributed by atoms with Gasteiger partial charge in [0.05, 0.1) is 18.1 Å². The second-order valence-corrected chi connectivity index (χ2v) is 7.44. The average Bonchev–Trinajstić information content (AvgIpc) is 2.77. The van der Waals surface area contributed by atoms with E-state index in [0.717, 1.165) is 16.8 Å². The molecule has 2 aromatic carbocycles. The van der Waals surface area contributed by atoms with Crippen LogP contribution in [-0.2, 0) is 11.2 Å². The van der Waals surface area contributed by atoms with Crippen LogP contribution in [0.3, 0.4) is 0 Å². The number of likely N-dealkylation sites (N-methyl/N-ethyl adjacent to an activating group) is 1. The maximum Gasteiger partial charge on any atom is 0.241 e. The van der Waals surface area contributed by atoms with Crippen molar-refractivity contribution in [2.75, 3.05) is 7.05 Å². The van der Waals surface area contributed by atoms with Crippen molar-refractivity contribution >= 4 is 17.5 Å². The summed E-state index contributed by atoms with van der Waals surface area (Å²) in [4.78, 5) is 21.0. The Morgan fingerprint density at radius 2 is 1.87 bits per heavy atom. The summed E-state index contributed by atoms with van der Waals surface area (Å²) in [6, 6.07) is 13.8. The Bertz CT molecular complexity index is 982. The minimum Gasteiger partial charge on any atom is -0.358 e. The van der Waals surface area contributed by atoms with Crippen LogP contribution >= 0.6 is 11.6 Å². The molecule has 2 atom stereocenters. The van der Waals surface area contributed by atoms with E-state index < -0.39 is 6.04 Å². The molecule has 0 saturated carbocycles. The largest absolute Gasteiger partial charge is 0.358 e. The predicted octanol–water partition coefficient (Wildman–Crippen LogP) is 4.33. The zero-order valence-corrected chi connectivity index (χ0v) is 17.7.